The first-order valence-electron chi connectivity index (χ1n) is 11.0. The molecule has 0 aliphatic carbocycles. The van der Waals surface area contributed by atoms with Crippen LogP contribution in [0.2, 0.25) is 5.02 Å². The second-order valence-electron chi connectivity index (χ2n) is 7.71. The minimum absolute atomic E-state index is 0.0847. The van der Waals surface area contributed by atoms with Gasteiger partial charge in [0.05, 0.1) is 44.0 Å². The predicted octanol–water partition coefficient (Wildman–Crippen LogP) is 4.47. The topological polar surface area (TPSA) is 115 Å². The molecule has 2 aromatic carbocycles. The summed E-state index contributed by atoms with van der Waals surface area (Å²) in [5, 5.41) is 2.50. The number of nitrogens with zero attached hydrogens (tertiary/aromatic N) is 2. The summed E-state index contributed by atoms with van der Waals surface area (Å²) >= 11 is 5.90. The largest absolute Gasteiger partial charge is 0.494 e. The number of carbonyl (C=O) groups is 2. The maximum Gasteiger partial charge on any atom is 0.251 e. The zero-order valence-electron chi connectivity index (χ0n) is 19.9. The lowest BCUT2D eigenvalue weighted by atomic mass is 10.1. The lowest BCUT2D eigenvalue weighted by Gasteiger charge is -2.12. The molecule has 4 rings (SSSR count). The van der Waals surface area contributed by atoms with Crippen molar-refractivity contribution in [3.63, 3.8) is 0 Å². The number of methoxy groups -OCH3 is 2. The van der Waals surface area contributed by atoms with Crippen LogP contribution in [0.3, 0.4) is 0 Å². The van der Waals surface area contributed by atoms with Crippen LogP contribution in [0, 0.1) is 5.82 Å². The Kier molecular flexibility index (Phi) is 7.99. The van der Waals surface area contributed by atoms with Crippen molar-refractivity contribution >= 4 is 23.3 Å². The van der Waals surface area contributed by atoms with E-state index in [1.165, 1.54) is 44.6 Å². The van der Waals surface area contributed by atoms with Gasteiger partial charge in [-0.2, -0.15) is 0 Å². The van der Waals surface area contributed by atoms with Gasteiger partial charge < -0.3 is 24.5 Å². The van der Waals surface area contributed by atoms with Crippen molar-refractivity contribution in [1.82, 2.24) is 20.3 Å². The van der Waals surface area contributed by atoms with E-state index in [0.29, 0.717) is 28.5 Å². The monoisotopic (exact) mass is 524 g/mol. The third-order valence-corrected chi connectivity index (χ3v) is 5.62. The average molecular weight is 525 g/mol. The Morgan fingerprint density at radius 2 is 1.81 bits per heavy atom. The molecule has 37 heavy (non-hydrogen) atoms. The number of carbonyl (C=O) groups excluding carboxylic acids is 2. The molecule has 0 aliphatic rings. The van der Waals surface area contributed by atoms with Gasteiger partial charge in [-0.3, -0.25) is 9.59 Å². The first-order valence-corrected chi connectivity index (χ1v) is 11.4. The van der Waals surface area contributed by atoms with Crippen LogP contribution in [-0.2, 0) is 6.61 Å². The quantitative estimate of drug-likeness (QED) is 0.294. The van der Waals surface area contributed by atoms with E-state index in [1.54, 1.807) is 30.7 Å². The highest BCUT2D eigenvalue weighted by Crippen LogP contribution is 2.31. The zero-order valence-corrected chi connectivity index (χ0v) is 20.6. The summed E-state index contributed by atoms with van der Waals surface area (Å²) in [7, 11) is 2.92. The van der Waals surface area contributed by atoms with Gasteiger partial charge in [-0.25, -0.2) is 14.4 Å². The Hall–Kier alpha value is -4.44. The van der Waals surface area contributed by atoms with Crippen molar-refractivity contribution in [1.29, 1.82) is 0 Å². The summed E-state index contributed by atoms with van der Waals surface area (Å²) in [6, 6.07) is 11.8. The highest BCUT2D eigenvalue weighted by Gasteiger charge is 2.17. The summed E-state index contributed by atoms with van der Waals surface area (Å²) in [5.41, 5.74) is 1.95. The van der Waals surface area contributed by atoms with Crippen molar-refractivity contribution < 1.29 is 28.2 Å². The zero-order chi connectivity index (χ0) is 26.4. The maximum atomic E-state index is 13.6. The number of amides is 1. The summed E-state index contributed by atoms with van der Waals surface area (Å²) in [6.07, 6.45) is 3.19. The predicted molar refractivity (Wildman–Crippen MR) is 134 cm³/mol. The molecule has 190 valence electrons. The lowest BCUT2D eigenvalue weighted by Crippen LogP contribution is -2.30. The number of aromatic nitrogens is 3. The molecule has 0 radical (unpaired) electrons. The van der Waals surface area contributed by atoms with Crippen molar-refractivity contribution in [3.05, 3.63) is 88.8 Å². The Morgan fingerprint density at radius 1 is 1.03 bits per heavy atom. The van der Waals surface area contributed by atoms with Crippen LogP contribution in [0.25, 0.3) is 11.3 Å². The molecule has 4 aromatic rings. The number of hydrogen-bond donors (Lipinski definition) is 2. The van der Waals surface area contributed by atoms with E-state index in [9.17, 15) is 14.0 Å². The molecule has 0 saturated carbocycles. The normalized spacial score (nSPS) is 10.6. The van der Waals surface area contributed by atoms with Gasteiger partial charge >= 0.3 is 0 Å². The van der Waals surface area contributed by atoms with Gasteiger partial charge in [-0.05, 0) is 48.5 Å². The van der Waals surface area contributed by atoms with Gasteiger partial charge in [0.2, 0.25) is 0 Å². The van der Waals surface area contributed by atoms with Crippen LogP contribution < -0.4 is 19.5 Å². The van der Waals surface area contributed by atoms with Gasteiger partial charge in [0.25, 0.3) is 5.91 Å². The molecule has 0 fully saturated rings. The summed E-state index contributed by atoms with van der Waals surface area (Å²) in [6.45, 7) is -0.0560. The number of H-pyrrole nitrogens is 1. The van der Waals surface area contributed by atoms with E-state index in [-0.39, 0.29) is 29.4 Å². The number of pyridine rings is 1. The highest BCUT2D eigenvalue weighted by atomic mass is 35.5. The minimum atomic E-state index is -0.576. The smallest absolute Gasteiger partial charge is 0.251 e. The molecule has 11 heteroatoms. The lowest BCUT2D eigenvalue weighted by molar-refractivity contribution is 0.0902. The van der Waals surface area contributed by atoms with E-state index >= 15 is 0 Å². The number of imidazole rings is 1. The molecule has 2 aromatic heterocycles. The number of benzene rings is 2. The fourth-order valence-electron chi connectivity index (χ4n) is 3.42. The van der Waals surface area contributed by atoms with E-state index in [1.807, 2.05) is 0 Å². The van der Waals surface area contributed by atoms with Gasteiger partial charge in [-0.1, -0.05) is 11.6 Å². The number of Topliss-reactive ketones (excluding diaryl/α,β-unsaturated/α-hetero) is 1. The van der Waals surface area contributed by atoms with Crippen LogP contribution >= 0.6 is 11.6 Å². The first-order chi connectivity index (χ1) is 17.9. The highest BCUT2D eigenvalue weighted by molar-refractivity contribution is 6.31. The van der Waals surface area contributed by atoms with E-state index in [2.05, 4.69) is 20.3 Å². The number of halogens is 2. The van der Waals surface area contributed by atoms with Crippen LogP contribution in [0.1, 0.15) is 26.5 Å². The molecular formula is C26H22ClFN4O5. The Bertz CT molecular complexity index is 1430. The molecular weight excluding hydrogens is 503 g/mol. The average Bonchev–Trinajstić information content (AvgIpc) is 3.45. The molecule has 0 unspecified atom stereocenters. The van der Waals surface area contributed by atoms with Crippen LogP contribution in [0.15, 0.2) is 61.1 Å². The minimum Gasteiger partial charge on any atom is -0.494 e. The van der Waals surface area contributed by atoms with Crippen molar-refractivity contribution in [2.75, 3.05) is 20.8 Å². The number of aromatic amines is 1. The van der Waals surface area contributed by atoms with Gasteiger partial charge in [0, 0.05) is 11.1 Å². The molecule has 2 heterocycles. The molecule has 2 N–H and O–H groups in total. The van der Waals surface area contributed by atoms with Crippen molar-refractivity contribution in [2.45, 2.75) is 6.61 Å². The summed E-state index contributed by atoms with van der Waals surface area (Å²) in [5.74, 6) is -0.306. The molecule has 1 amide bonds. The maximum absolute atomic E-state index is 13.6. The first kappa shape index (κ1) is 25.6. The molecule has 0 aliphatic heterocycles. The molecule has 0 atom stereocenters. The number of rotatable bonds is 10. The van der Waals surface area contributed by atoms with Crippen LogP contribution in [0.4, 0.5) is 4.39 Å². The van der Waals surface area contributed by atoms with E-state index < -0.39 is 17.5 Å². The van der Waals surface area contributed by atoms with Crippen LogP contribution in [0.5, 0.6) is 17.2 Å². The second-order valence-corrected chi connectivity index (χ2v) is 8.12. The third kappa shape index (κ3) is 6.04. The fourth-order valence-corrected chi connectivity index (χ4v) is 3.60. The molecule has 0 saturated heterocycles. The summed E-state index contributed by atoms with van der Waals surface area (Å²) < 4.78 is 30.0. The fraction of sp³-hybridized carbons (Fsp3) is 0.154. The number of hydrogen-bond acceptors (Lipinski definition) is 7. The Labute approximate surface area is 216 Å². The van der Waals surface area contributed by atoms with E-state index in [0.717, 1.165) is 5.69 Å². The van der Waals surface area contributed by atoms with Crippen LogP contribution in [-0.4, -0.2) is 47.4 Å². The molecule has 9 nitrogen and oxygen atoms in total. The van der Waals surface area contributed by atoms with Gasteiger partial charge in [-0.15, -0.1) is 0 Å². The standard InChI is InChI=1S/C26H22ClFN4O5/c1-35-23-8-6-20(32-25(23)15-3-5-19(28)18(27)9-15)21(33)12-30-26(34)16-4-7-22(24(10-16)36-2)37-13-17-11-29-14-31-17/h3-11,14H,12-13H2,1-2H3,(H,29,31)(H,30,34). The third-order valence-electron chi connectivity index (χ3n) is 5.33. The number of ketones is 1. The molecule has 0 spiro atoms. The van der Waals surface area contributed by atoms with Crippen molar-refractivity contribution in [3.8, 4) is 28.5 Å². The Balaban J connectivity index is 1.44. The summed E-state index contributed by atoms with van der Waals surface area (Å²) in [4.78, 5) is 36.7. The van der Waals surface area contributed by atoms with E-state index in [4.69, 9.17) is 25.8 Å². The second kappa shape index (κ2) is 11.5. The van der Waals surface area contributed by atoms with Gasteiger partial charge in [0.1, 0.15) is 29.6 Å². The number of ether oxygens (including phenoxy) is 3. The Morgan fingerprint density at radius 3 is 2.51 bits per heavy atom. The number of nitrogens with one attached hydrogen (secondary N) is 2. The van der Waals surface area contributed by atoms with Gasteiger partial charge in [0.15, 0.2) is 17.3 Å². The van der Waals surface area contributed by atoms with Crippen molar-refractivity contribution in [2.24, 2.45) is 0 Å². The SMILES string of the molecule is COc1cc(C(=O)NCC(=O)c2ccc(OC)c(-c3ccc(F)c(Cl)c3)n2)ccc1OCc1cnc[nH]1. The molecule has 0 bridgehead atoms.